The van der Waals surface area contributed by atoms with E-state index < -0.39 is 0 Å². The van der Waals surface area contributed by atoms with Crippen molar-refractivity contribution in [2.24, 2.45) is 0 Å². The highest BCUT2D eigenvalue weighted by Crippen LogP contribution is 2.05. The van der Waals surface area contributed by atoms with Gasteiger partial charge in [0.05, 0.1) is 0 Å². The van der Waals surface area contributed by atoms with E-state index in [1.165, 1.54) is 38.5 Å². The Morgan fingerprint density at radius 1 is 0.588 bits per heavy atom. The van der Waals surface area contributed by atoms with E-state index in [2.05, 4.69) is 62.5 Å². The number of hydrogen-bond acceptors (Lipinski definition) is 0. The molecule has 0 aromatic carbocycles. The van der Waals surface area contributed by atoms with E-state index in [4.69, 9.17) is 0 Å². The monoisotopic (exact) mass is 232 g/mol. The van der Waals surface area contributed by atoms with Crippen molar-refractivity contribution in [2.45, 2.75) is 58.8 Å². The van der Waals surface area contributed by atoms with E-state index in [1.54, 1.807) is 0 Å². The Morgan fingerprint density at radius 2 is 1.18 bits per heavy atom. The summed E-state index contributed by atoms with van der Waals surface area (Å²) in [5.74, 6) is 0. The Morgan fingerprint density at radius 3 is 1.82 bits per heavy atom. The Balaban J connectivity index is 3.37. The second-order valence-electron chi connectivity index (χ2n) is 4.24. The lowest BCUT2D eigenvalue weighted by atomic mass is 10.1. The number of hydrogen-bond donors (Lipinski definition) is 0. The highest BCUT2D eigenvalue weighted by atomic mass is 13.9. The van der Waals surface area contributed by atoms with E-state index in [0.717, 1.165) is 6.42 Å². The summed E-state index contributed by atoms with van der Waals surface area (Å²) in [6.45, 7) is 4.40. The first-order valence-corrected chi connectivity index (χ1v) is 7.06. The summed E-state index contributed by atoms with van der Waals surface area (Å²) < 4.78 is 0. The summed E-state index contributed by atoms with van der Waals surface area (Å²) in [5.41, 5.74) is 0. The first kappa shape index (κ1) is 16.0. The van der Waals surface area contributed by atoms with Gasteiger partial charge in [-0.1, -0.05) is 88.1 Å². The van der Waals surface area contributed by atoms with Crippen LogP contribution in [-0.2, 0) is 0 Å². The maximum absolute atomic E-state index is 2.26. The highest BCUT2D eigenvalue weighted by Gasteiger charge is 1.85. The molecule has 17 heavy (non-hydrogen) atoms. The zero-order valence-corrected chi connectivity index (χ0v) is 11.6. The van der Waals surface area contributed by atoms with Crippen molar-refractivity contribution in [1.29, 1.82) is 0 Å². The molecule has 0 bridgehead atoms. The van der Waals surface area contributed by atoms with Crippen molar-refractivity contribution >= 4 is 0 Å². The minimum absolute atomic E-state index is 1.10. The molecular weight excluding hydrogens is 204 g/mol. The quantitative estimate of drug-likeness (QED) is 0.321. The summed E-state index contributed by atoms with van der Waals surface area (Å²) in [6, 6.07) is 0. The van der Waals surface area contributed by atoms with Crippen LogP contribution in [0.2, 0.25) is 0 Å². The van der Waals surface area contributed by atoms with Crippen molar-refractivity contribution in [3.05, 3.63) is 48.6 Å². The van der Waals surface area contributed by atoms with E-state index in [1.807, 2.05) is 0 Å². The topological polar surface area (TPSA) is 0 Å². The average Bonchev–Trinajstić information content (AvgIpc) is 2.35. The van der Waals surface area contributed by atoms with Gasteiger partial charge in [-0.15, -0.1) is 0 Å². The van der Waals surface area contributed by atoms with Crippen LogP contribution in [0.3, 0.4) is 0 Å². The molecule has 0 unspecified atom stereocenters. The summed E-state index contributed by atoms with van der Waals surface area (Å²) in [5, 5.41) is 0. The molecule has 0 rings (SSSR count). The largest absolute Gasteiger partial charge is 0.0848 e. The third kappa shape index (κ3) is 15.0. The molecule has 0 aliphatic heterocycles. The molecule has 0 heteroatoms. The lowest BCUT2D eigenvalue weighted by Crippen LogP contribution is -1.75. The average molecular weight is 232 g/mol. The van der Waals surface area contributed by atoms with Crippen LogP contribution in [0.1, 0.15) is 58.8 Å². The Kier molecular flexibility index (Phi) is 14.0. The van der Waals surface area contributed by atoms with Crippen molar-refractivity contribution < 1.29 is 0 Å². The van der Waals surface area contributed by atoms with Gasteiger partial charge in [0.15, 0.2) is 0 Å². The van der Waals surface area contributed by atoms with Gasteiger partial charge in [-0.2, -0.15) is 0 Å². The molecule has 0 saturated carbocycles. The molecular formula is C17H28. The fourth-order valence-electron chi connectivity index (χ4n) is 1.51. The van der Waals surface area contributed by atoms with Crippen LogP contribution in [0.5, 0.6) is 0 Å². The lowest BCUT2D eigenvalue weighted by molar-refractivity contribution is 0.637. The van der Waals surface area contributed by atoms with Gasteiger partial charge in [0.25, 0.3) is 0 Å². The van der Waals surface area contributed by atoms with Gasteiger partial charge < -0.3 is 0 Å². The molecule has 0 fully saturated rings. The smallest absolute Gasteiger partial charge is 0.0348 e. The minimum Gasteiger partial charge on any atom is -0.0848 e. The van der Waals surface area contributed by atoms with Crippen LogP contribution in [0.25, 0.3) is 0 Å². The fraction of sp³-hybridized carbons (Fsp3) is 0.529. The van der Waals surface area contributed by atoms with Crippen molar-refractivity contribution in [3.63, 3.8) is 0 Å². The summed E-state index contributed by atoms with van der Waals surface area (Å²) in [4.78, 5) is 0. The van der Waals surface area contributed by atoms with Crippen LogP contribution in [0, 0.1) is 0 Å². The molecule has 0 aromatic heterocycles. The van der Waals surface area contributed by atoms with Gasteiger partial charge in [0.1, 0.15) is 0 Å². The van der Waals surface area contributed by atoms with Crippen LogP contribution < -0.4 is 0 Å². The normalized spacial score (nSPS) is 12.8. The molecule has 96 valence electrons. The third-order valence-corrected chi connectivity index (χ3v) is 2.54. The zero-order valence-electron chi connectivity index (χ0n) is 11.6. The molecule has 0 N–H and O–H groups in total. The van der Waals surface area contributed by atoms with E-state index in [-0.39, 0.29) is 0 Å². The SMILES string of the molecule is CCC=CC=CC=CC=CCCCCCCC. The van der Waals surface area contributed by atoms with Crippen LogP contribution >= 0.6 is 0 Å². The van der Waals surface area contributed by atoms with Gasteiger partial charge >= 0.3 is 0 Å². The van der Waals surface area contributed by atoms with E-state index in [0.29, 0.717) is 0 Å². The molecule has 0 spiro atoms. The first-order chi connectivity index (χ1) is 8.41. The maximum atomic E-state index is 2.26. The number of allylic oxidation sites excluding steroid dienone is 8. The molecule has 0 atom stereocenters. The molecule has 0 saturated heterocycles. The summed E-state index contributed by atoms with van der Waals surface area (Å²) in [7, 11) is 0. The van der Waals surface area contributed by atoms with Crippen LogP contribution in [-0.4, -0.2) is 0 Å². The fourth-order valence-corrected chi connectivity index (χ4v) is 1.51. The molecule has 0 nitrogen and oxygen atoms in total. The zero-order chi connectivity index (χ0) is 12.6. The summed E-state index contributed by atoms with van der Waals surface area (Å²) >= 11 is 0. The van der Waals surface area contributed by atoms with E-state index in [9.17, 15) is 0 Å². The third-order valence-electron chi connectivity index (χ3n) is 2.54. The Labute approximate surface area is 108 Å². The second kappa shape index (κ2) is 15.0. The maximum Gasteiger partial charge on any atom is -0.0348 e. The Bertz CT molecular complexity index is 241. The van der Waals surface area contributed by atoms with Crippen LogP contribution in [0.4, 0.5) is 0 Å². The molecule has 0 aromatic rings. The van der Waals surface area contributed by atoms with Gasteiger partial charge in [-0.05, 0) is 19.3 Å². The first-order valence-electron chi connectivity index (χ1n) is 7.06. The molecule has 0 aliphatic carbocycles. The van der Waals surface area contributed by atoms with Crippen molar-refractivity contribution in [2.75, 3.05) is 0 Å². The Hall–Kier alpha value is -1.04. The number of rotatable bonds is 10. The second-order valence-corrected chi connectivity index (χ2v) is 4.24. The molecule has 0 heterocycles. The predicted molar refractivity (Wildman–Crippen MR) is 80.2 cm³/mol. The van der Waals surface area contributed by atoms with Gasteiger partial charge in [-0.25, -0.2) is 0 Å². The molecule has 0 radical (unpaired) electrons. The molecule has 0 aliphatic rings. The van der Waals surface area contributed by atoms with Gasteiger partial charge in [0, 0.05) is 0 Å². The van der Waals surface area contributed by atoms with Gasteiger partial charge in [0.2, 0.25) is 0 Å². The highest BCUT2D eigenvalue weighted by molar-refractivity contribution is 5.15. The van der Waals surface area contributed by atoms with Crippen molar-refractivity contribution in [3.8, 4) is 0 Å². The van der Waals surface area contributed by atoms with E-state index >= 15 is 0 Å². The molecule has 0 amide bonds. The standard InChI is InChI=1S/C17H28/c1-3-5-7-9-11-13-15-17-16-14-12-10-8-6-4-2/h5,7,9,11,13,15-17H,3-4,6,8,10,12,14H2,1-2H3. The van der Waals surface area contributed by atoms with Crippen LogP contribution in [0.15, 0.2) is 48.6 Å². The van der Waals surface area contributed by atoms with Gasteiger partial charge in [-0.3, -0.25) is 0 Å². The predicted octanol–water partition coefficient (Wildman–Crippen LogP) is 5.98. The van der Waals surface area contributed by atoms with Crippen molar-refractivity contribution in [1.82, 2.24) is 0 Å². The number of unbranched alkanes of at least 4 members (excludes halogenated alkanes) is 5. The summed E-state index contributed by atoms with van der Waals surface area (Å²) in [6.07, 6.45) is 26.1. The lowest BCUT2D eigenvalue weighted by Gasteiger charge is -1.95. The minimum atomic E-state index is 1.10.